The fourth-order valence-electron chi connectivity index (χ4n) is 2.67. The van der Waals surface area contributed by atoms with E-state index in [1.165, 1.54) is 0 Å². The van der Waals surface area contributed by atoms with Gasteiger partial charge in [0.05, 0.1) is 13.2 Å². The normalized spacial score (nSPS) is 14.2. The molecule has 1 aliphatic rings. The van der Waals surface area contributed by atoms with Crippen LogP contribution in [0.3, 0.4) is 0 Å². The van der Waals surface area contributed by atoms with Crippen molar-refractivity contribution in [1.82, 2.24) is 4.90 Å². The number of hydrogen-bond acceptors (Lipinski definition) is 4. The minimum atomic E-state index is -0.223. The van der Waals surface area contributed by atoms with Crippen molar-refractivity contribution in [3.8, 4) is 0 Å². The van der Waals surface area contributed by atoms with E-state index in [0.717, 1.165) is 5.56 Å². The maximum absolute atomic E-state index is 12.5. The highest BCUT2D eigenvalue weighted by Crippen LogP contribution is 2.15. The summed E-state index contributed by atoms with van der Waals surface area (Å²) in [6.45, 7) is 2.72. The first kappa shape index (κ1) is 17.1. The van der Waals surface area contributed by atoms with Crippen molar-refractivity contribution in [2.45, 2.75) is 6.54 Å². The fraction of sp³-hybridized carbons (Fsp3) is 0.263. The third-order valence-electron chi connectivity index (χ3n) is 4.12. The van der Waals surface area contributed by atoms with Crippen LogP contribution >= 0.6 is 0 Å². The number of nitrogens with one attached hydrogen (secondary N) is 1. The lowest BCUT2D eigenvalue weighted by atomic mass is 10.1. The molecule has 1 fully saturated rings. The average molecular weight is 339 g/mol. The third kappa shape index (κ3) is 4.23. The monoisotopic (exact) mass is 339 g/mol. The molecule has 0 spiro atoms. The van der Waals surface area contributed by atoms with Crippen LogP contribution < -0.4 is 11.1 Å². The molecule has 6 nitrogen and oxygen atoms in total. The zero-order valence-electron chi connectivity index (χ0n) is 13.9. The molecule has 2 aromatic rings. The lowest BCUT2D eigenvalue weighted by Crippen LogP contribution is -2.40. The second kappa shape index (κ2) is 7.92. The summed E-state index contributed by atoms with van der Waals surface area (Å²) in [6.07, 6.45) is 0. The van der Waals surface area contributed by atoms with E-state index in [-0.39, 0.29) is 11.8 Å². The van der Waals surface area contributed by atoms with Crippen molar-refractivity contribution in [2.75, 3.05) is 31.6 Å². The molecule has 0 bridgehead atoms. The molecule has 0 radical (unpaired) electrons. The van der Waals surface area contributed by atoms with Gasteiger partial charge in [0.2, 0.25) is 0 Å². The maximum Gasteiger partial charge on any atom is 0.255 e. The highest BCUT2D eigenvalue weighted by atomic mass is 16.5. The number of benzene rings is 2. The number of anilines is 1. The van der Waals surface area contributed by atoms with Crippen molar-refractivity contribution in [1.29, 1.82) is 0 Å². The van der Waals surface area contributed by atoms with Gasteiger partial charge >= 0.3 is 0 Å². The Bertz CT molecular complexity index is 753. The molecule has 1 aliphatic heterocycles. The van der Waals surface area contributed by atoms with Gasteiger partial charge in [-0.1, -0.05) is 18.2 Å². The molecular weight excluding hydrogens is 318 g/mol. The van der Waals surface area contributed by atoms with Crippen LogP contribution in [0, 0.1) is 0 Å². The van der Waals surface area contributed by atoms with Crippen LogP contribution in [0.1, 0.15) is 26.3 Å². The van der Waals surface area contributed by atoms with Crippen molar-refractivity contribution in [3.05, 3.63) is 65.2 Å². The summed E-state index contributed by atoms with van der Waals surface area (Å²) in [5.74, 6) is -0.272. The Morgan fingerprint density at radius 1 is 1.04 bits per heavy atom. The zero-order valence-corrected chi connectivity index (χ0v) is 13.9. The summed E-state index contributed by atoms with van der Waals surface area (Å²) in [4.78, 5) is 26.6. The number of hydrogen-bond donors (Lipinski definition) is 2. The van der Waals surface area contributed by atoms with Crippen LogP contribution in [0.25, 0.3) is 0 Å². The molecule has 0 unspecified atom stereocenters. The van der Waals surface area contributed by atoms with Gasteiger partial charge in [-0.05, 0) is 35.9 Å². The molecular formula is C19H21N3O3. The smallest absolute Gasteiger partial charge is 0.255 e. The predicted molar refractivity (Wildman–Crippen MR) is 95.5 cm³/mol. The summed E-state index contributed by atoms with van der Waals surface area (Å²) >= 11 is 0. The number of nitrogens with two attached hydrogens (primary N) is 1. The number of ether oxygens (including phenoxy) is 1. The van der Waals surface area contributed by atoms with E-state index < -0.39 is 0 Å². The molecule has 6 heteroatoms. The molecule has 0 saturated carbocycles. The van der Waals surface area contributed by atoms with Crippen molar-refractivity contribution >= 4 is 17.5 Å². The van der Waals surface area contributed by atoms with Crippen molar-refractivity contribution in [2.24, 2.45) is 5.73 Å². The molecule has 3 rings (SSSR count). The van der Waals surface area contributed by atoms with Gasteiger partial charge in [0.1, 0.15) is 0 Å². The molecule has 1 heterocycles. The first-order valence-corrected chi connectivity index (χ1v) is 8.25. The maximum atomic E-state index is 12.5. The van der Waals surface area contributed by atoms with Crippen molar-refractivity contribution < 1.29 is 14.3 Å². The van der Waals surface area contributed by atoms with Crippen LogP contribution in [-0.4, -0.2) is 43.0 Å². The molecule has 2 aromatic carbocycles. The van der Waals surface area contributed by atoms with Gasteiger partial charge in [0, 0.05) is 36.4 Å². The number of carbonyl (C=O) groups is 2. The first-order valence-electron chi connectivity index (χ1n) is 8.25. The Hall–Kier alpha value is -2.70. The molecule has 0 aliphatic carbocycles. The van der Waals surface area contributed by atoms with Gasteiger partial charge in [0.15, 0.2) is 0 Å². The van der Waals surface area contributed by atoms with Crippen molar-refractivity contribution in [3.63, 3.8) is 0 Å². The quantitative estimate of drug-likeness (QED) is 0.890. The second-order valence-electron chi connectivity index (χ2n) is 5.84. The van der Waals surface area contributed by atoms with Gasteiger partial charge in [-0.2, -0.15) is 0 Å². The summed E-state index contributed by atoms with van der Waals surface area (Å²) in [7, 11) is 0. The third-order valence-corrected chi connectivity index (χ3v) is 4.12. The number of nitrogens with zero attached hydrogens (tertiary/aromatic N) is 1. The molecule has 130 valence electrons. The lowest BCUT2D eigenvalue weighted by Gasteiger charge is -2.27. The van der Waals surface area contributed by atoms with E-state index >= 15 is 0 Å². The Labute approximate surface area is 146 Å². The van der Waals surface area contributed by atoms with Crippen LogP contribution in [0.4, 0.5) is 5.69 Å². The molecule has 1 saturated heterocycles. The highest BCUT2D eigenvalue weighted by Gasteiger charge is 2.18. The van der Waals surface area contributed by atoms with Gasteiger partial charge in [-0.25, -0.2) is 0 Å². The summed E-state index contributed by atoms with van der Waals surface area (Å²) in [5.41, 5.74) is 8.22. The zero-order chi connectivity index (χ0) is 17.6. The van der Waals surface area contributed by atoms with E-state index in [2.05, 4.69) is 5.32 Å². The fourth-order valence-corrected chi connectivity index (χ4v) is 2.67. The van der Waals surface area contributed by atoms with E-state index in [9.17, 15) is 9.59 Å². The SMILES string of the molecule is NCc1ccc(C(=O)Nc2cccc(C(=O)N3CCOCC3)c2)cc1. The van der Waals surface area contributed by atoms with Crippen LogP contribution in [-0.2, 0) is 11.3 Å². The van der Waals surface area contributed by atoms with E-state index in [0.29, 0.717) is 49.7 Å². The average Bonchev–Trinajstić information content (AvgIpc) is 2.68. The summed E-state index contributed by atoms with van der Waals surface area (Å²) < 4.78 is 5.27. The van der Waals surface area contributed by atoms with Gasteiger partial charge < -0.3 is 20.7 Å². The molecule has 0 atom stereocenters. The summed E-state index contributed by atoms with van der Waals surface area (Å²) in [6, 6.07) is 14.1. The van der Waals surface area contributed by atoms with Gasteiger partial charge in [-0.15, -0.1) is 0 Å². The molecule has 25 heavy (non-hydrogen) atoms. The highest BCUT2D eigenvalue weighted by molar-refractivity contribution is 6.05. The van der Waals surface area contributed by atoms with E-state index in [1.807, 2.05) is 12.1 Å². The van der Waals surface area contributed by atoms with E-state index in [1.54, 1.807) is 41.3 Å². The minimum absolute atomic E-state index is 0.0494. The second-order valence-corrected chi connectivity index (χ2v) is 5.84. The number of morpholine rings is 1. The Balaban J connectivity index is 1.70. The molecule has 2 amide bonds. The van der Waals surface area contributed by atoms with Gasteiger partial charge in [0.25, 0.3) is 11.8 Å². The van der Waals surface area contributed by atoms with E-state index in [4.69, 9.17) is 10.5 Å². The lowest BCUT2D eigenvalue weighted by molar-refractivity contribution is 0.0303. The molecule has 0 aromatic heterocycles. The van der Waals surface area contributed by atoms with Crippen LogP contribution in [0.15, 0.2) is 48.5 Å². The first-order chi connectivity index (χ1) is 12.2. The Kier molecular flexibility index (Phi) is 5.42. The summed E-state index contributed by atoms with van der Waals surface area (Å²) in [5, 5.41) is 2.83. The topological polar surface area (TPSA) is 84.7 Å². The molecule has 3 N–H and O–H groups in total. The predicted octanol–water partition coefficient (Wildman–Crippen LogP) is 1.87. The number of rotatable bonds is 4. The van der Waals surface area contributed by atoms with Crippen LogP contribution in [0.5, 0.6) is 0 Å². The largest absolute Gasteiger partial charge is 0.378 e. The standard InChI is InChI=1S/C19H21N3O3/c20-13-14-4-6-15(7-5-14)18(23)21-17-3-1-2-16(12-17)19(24)22-8-10-25-11-9-22/h1-7,12H,8-11,13,20H2,(H,21,23). The Morgan fingerprint density at radius 3 is 2.44 bits per heavy atom. The van der Waals surface area contributed by atoms with Crippen LogP contribution in [0.2, 0.25) is 0 Å². The van der Waals surface area contributed by atoms with Gasteiger partial charge in [-0.3, -0.25) is 9.59 Å². The number of amides is 2. The Morgan fingerprint density at radius 2 is 1.76 bits per heavy atom. The minimum Gasteiger partial charge on any atom is -0.378 e. The number of carbonyl (C=O) groups excluding carboxylic acids is 2.